The van der Waals surface area contributed by atoms with E-state index in [9.17, 15) is 22.4 Å². The van der Waals surface area contributed by atoms with E-state index in [-0.39, 0.29) is 35.6 Å². The Morgan fingerprint density at radius 1 is 1.08 bits per heavy atom. The molecule has 1 aliphatic carbocycles. The Morgan fingerprint density at radius 3 is 2.32 bits per heavy atom. The number of rotatable bonds is 10. The molecule has 1 atom stereocenters. The number of amides is 2. The molecule has 0 aromatic heterocycles. The number of benzene rings is 2. The highest BCUT2D eigenvalue weighted by molar-refractivity contribution is 7.92. The quantitative estimate of drug-likeness (QED) is 0.399. The summed E-state index contributed by atoms with van der Waals surface area (Å²) in [4.78, 5) is 28.3. The molecule has 7 nitrogen and oxygen atoms in total. The van der Waals surface area contributed by atoms with E-state index in [2.05, 4.69) is 5.32 Å². The summed E-state index contributed by atoms with van der Waals surface area (Å²) in [6.07, 6.45) is 5.00. The van der Waals surface area contributed by atoms with Crippen molar-refractivity contribution in [3.8, 4) is 0 Å². The van der Waals surface area contributed by atoms with Gasteiger partial charge in [-0.2, -0.15) is 0 Å². The highest BCUT2D eigenvalue weighted by Gasteiger charge is 2.33. The Kier molecular flexibility index (Phi) is 10.1. The molecule has 3 rings (SSSR count). The van der Waals surface area contributed by atoms with Crippen molar-refractivity contribution in [2.75, 3.05) is 17.1 Å². The number of nitrogens with zero attached hydrogens (tertiary/aromatic N) is 2. The lowest BCUT2D eigenvalue weighted by Crippen LogP contribution is -2.53. The maximum Gasteiger partial charge on any atom is 0.244 e. The number of carbonyl (C=O) groups is 2. The molecule has 1 aliphatic rings. The van der Waals surface area contributed by atoms with Crippen LogP contribution in [0.2, 0.25) is 15.1 Å². The van der Waals surface area contributed by atoms with Crippen LogP contribution in [0.3, 0.4) is 0 Å². The Labute approximate surface area is 231 Å². The second-order valence-electron chi connectivity index (χ2n) is 9.04. The predicted octanol–water partition coefficient (Wildman–Crippen LogP) is 5.42. The third-order valence-electron chi connectivity index (χ3n) is 6.31. The summed E-state index contributed by atoms with van der Waals surface area (Å²) in [5.74, 6) is -1.67. The minimum atomic E-state index is -3.97. The van der Waals surface area contributed by atoms with Crippen molar-refractivity contribution in [1.82, 2.24) is 10.2 Å². The second kappa shape index (κ2) is 12.7. The van der Waals surface area contributed by atoms with E-state index in [0.29, 0.717) is 15.6 Å². The maximum absolute atomic E-state index is 13.7. The van der Waals surface area contributed by atoms with Gasteiger partial charge in [-0.25, -0.2) is 12.8 Å². The Morgan fingerprint density at radius 2 is 1.76 bits per heavy atom. The molecule has 2 amide bonds. The van der Waals surface area contributed by atoms with E-state index < -0.39 is 34.3 Å². The molecule has 0 spiro atoms. The maximum atomic E-state index is 13.7. The van der Waals surface area contributed by atoms with Gasteiger partial charge in [0.15, 0.2) is 0 Å². The number of hydrogen-bond donors (Lipinski definition) is 1. The third kappa shape index (κ3) is 7.72. The van der Waals surface area contributed by atoms with Crippen LogP contribution in [0.15, 0.2) is 36.4 Å². The first kappa shape index (κ1) is 29.5. The normalized spacial score (nSPS) is 14.9. The van der Waals surface area contributed by atoms with E-state index in [1.54, 1.807) is 19.1 Å². The molecule has 0 radical (unpaired) electrons. The fourth-order valence-electron chi connectivity index (χ4n) is 4.37. The van der Waals surface area contributed by atoms with Gasteiger partial charge in [0.25, 0.3) is 0 Å². The number of anilines is 1. The van der Waals surface area contributed by atoms with E-state index in [1.807, 2.05) is 0 Å². The second-order valence-corrected chi connectivity index (χ2v) is 12.2. The molecule has 0 aliphatic heterocycles. The van der Waals surface area contributed by atoms with Gasteiger partial charge in [-0.15, -0.1) is 0 Å². The van der Waals surface area contributed by atoms with Crippen LogP contribution >= 0.6 is 34.8 Å². The minimum absolute atomic E-state index is 0.0233. The van der Waals surface area contributed by atoms with Crippen LogP contribution in [0.5, 0.6) is 0 Å². The highest BCUT2D eigenvalue weighted by atomic mass is 35.5. The molecule has 37 heavy (non-hydrogen) atoms. The highest BCUT2D eigenvalue weighted by Crippen LogP contribution is 2.27. The first-order valence-corrected chi connectivity index (χ1v) is 14.9. The molecule has 0 unspecified atom stereocenters. The fraction of sp³-hybridized carbons (Fsp3) is 0.440. The summed E-state index contributed by atoms with van der Waals surface area (Å²) in [5.41, 5.74) is 0.567. The van der Waals surface area contributed by atoms with Crippen molar-refractivity contribution in [2.24, 2.45) is 0 Å². The van der Waals surface area contributed by atoms with E-state index in [4.69, 9.17) is 34.8 Å². The molecule has 1 N–H and O–H groups in total. The molecule has 12 heteroatoms. The van der Waals surface area contributed by atoms with Crippen LogP contribution in [0.1, 0.15) is 44.6 Å². The molecule has 2 aromatic carbocycles. The van der Waals surface area contributed by atoms with Gasteiger partial charge >= 0.3 is 0 Å². The summed E-state index contributed by atoms with van der Waals surface area (Å²) in [6.45, 7) is 1.10. The molecular formula is C25H29Cl3FN3O4S. The van der Waals surface area contributed by atoms with Crippen LogP contribution in [0.25, 0.3) is 0 Å². The van der Waals surface area contributed by atoms with Crippen LogP contribution in [0, 0.1) is 5.82 Å². The Hall–Kier alpha value is -2.07. The van der Waals surface area contributed by atoms with Crippen LogP contribution < -0.4 is 9.62 Å². The largest absolute Gasteiger partial charge is 0.352 e. The standard InChI is InChI=1S/C25H29Cl3FN3O4S/c1-3-23(25(34)30-18-6-4-5-7-18)31(14-16-8-9-17(26)12-20(16)27)24(33)15-32(37(2,35)36)19-10-11-22(29)21(28)13-19/h8-13,18,23H,3-7,14-15H2,1-2H3,(H,30,34)/t23-/m1/s1. The number of sulfonamides is 1. The smallest absolute Gasteiger partial charge is 0.244 e. The molecule has 0 bridgehead atoms. The zero-order chi connectivity index (χ0) is 27.3. The summed E-state index contributed by atoms with van der Waals surface area (Å²) >= 11 is 18.3. The van der Waals surface area contributed by atoms with E-state index in [0.717, 1.165) is 48.4 Å². The summed E-state index contributed by atoms with van der Waals surface area (Å²) in [6, 6.07) is 7.34. The fourth-order valence-corrected chi connectivity index (χ4v) is 5.86. The van der Waals surface area contributed by atoms with Gasteiger partial charge in [0, 0.05) is 22.6 Å². The zero-order valence-corrected chi connectivity index (χ0v) is 23.6. The molecule has 1 fully saturated rings. The summed E-state index contributed by atoms with van der Waals surface area (Å²) in [7, 11) is -3.97. The molecular weight excluding hydrogens is 564 g/mol. The van der Waals surface area contributed by atoms with Gasteiger partial charge in [-0.1, -0.05) is 60.6 Å². The molecule has 0 saturated heterocycles. The van der Waals surface area contributed by atoms with Crippen molar-refractivity contribution < 1.29 is 22.4 Å². The number of nitrogens with one attached hydrogen (secondary N) is 1. The topological polar surface area (TPSA) is 86.8 Å². The van der Waals surface area contributed by atoms with Crippen LogP contribution in [-0.2, 0) is 26.2 Å². The van der Waals surface area contributed by atoms with Gasteiger partial charge in [-0.05, 0) is 55.2 Å². The molecule has 1 saturated carbocycles. The molecule has 0 heterocycles. The monoisotopic (exact) mass is 591 g/mol. The van der Waals surface area contributed by atoms with Gasteiger partial charge in [0.05, 0.1) is 17.0 Å². The first-order chi connectivity index (χ1) is 17.4. The SMILES string of the molecule is CC[C@H](C(=O)NC1CCCC1)N(Cc1ccc(Cl)cc1Cl)C(=O)CN(c1ccc(F)c(Cl)c1)S(C)(=O)=O. The van der Waals surface area contributed by atoms with Gasteiger partial charge in [0.2, 0.25) is 21.8 Å². The Bertz CT molecular complexity index is 1260. The van der Waals surface area contributed by atoms with Crippen molar-refractivity contribution in [1.29, 1.82) is 0 Å². The average Bonchev–Trinajstić information content (AvgIpc) is 3.32. The number of hydrogen-bond acceptors (Lipinski definition) is 4. The third-order valence-corrected chi connectivity index (χ3v) is 8.33. The lowest BCUT2D eigenvalue weighted by molar-refractivity contribution is -0.140. The van der Waals surface area contributed by atoms with Crippen molar-refractivity contribution >= 4 is 62.3 Å². The minimum Gasteiger partial charge on any atom is -0.352 e. The molecule has 202 valence electrons. The number of carbonyl (C=O) groups excluding carboxylic acids is 2. The van der Waals surface area contributed by atoms with Gasteiger partial charge in [0.1, 0.15) is 18.4 Å². The zero-order valence-electron chi connectivity index (χ0n) is 20.5. The van der Waals surface area contributed by atoms with Crippen molar-refractivity contribution in [3.63, 3.8) is 0 Å². The lowest BCUT2D eigenvalue weighted by atomic mass is 10.1. The van der Waals surface area contributed by atoms with Gasteiger partial charge in [-0.3, -0.25) is 13.9 Å². The average molecular weight is 593 g/mol. The van der Waals surface area contributed by atoms with Crippen LogP contribution in [0.4, 0.5) is 10.1 Å². The Balaban J connectivity index is 1.96. The first-order valence-electron chi connectivity index (χ1n) is 11.9. The predicted molar refractivity (Wildman–Crippen MR) is 145 cm³/mol. The van der Waals surface area contributed by atoms with Crippen molar-refractivity contribution in [2.45, 2.75) is 57.7 Å². The molecule has 2 aromatic rings. The summed E-state index contributed by atoms with van der Waals surface area (Å²) < 4.78 is 39.8. The van der Waals surface area contributed by atoms with Crippen molar-refractivity contribution in [3.05, 3.63) is 62.8 Å². The van der Waals surface area contributed by atoms with E-state index in [1.165, 1.54) is 17.0 Å². The van der Waals surface area contributed by atoms with E-state index >= 15 is 0 Å². The lowest BCUT2D eigenvalue weighted by Gasteiger charge is -2.33. The van der Waals surface area contributed by atoms with Gasteiger partial charge < -0.3 is 10.2 Å². The number of halogens is 4. The summed E-state index contributed by atoms with van der Waals surface area (Å²) in [5, 5.41) is 3.46. The van der Waals surface area contributed by atoms with Crippen LogP contribution in [-0.4, -0.2) is 50.0 Å².